The lowest BCUT2D eigenvalue weighted by molar-refractivity contribution is -0.146. The summed E-state index contributed by atoms with van der Waals surface area (Å²) in [6, 6.07) is 7.30. The van der Waals surface area contributed by atoms with Crippen LogP contribution in [0.5, 0.6) is 0 Å². The average molecular weight is 361 g/mol. The van der Waals surface area contributed by atoms with Crippen molar-refractivity contribution in [3.63, 3.8) is 0 Å². The van der Waals surface area contributed by atoms with Crippen LogP contribution in [0.3, 0.4) is 0 Å². The second kappa shape index (κ2) is 7.88. The minimum Gasteiger partial charge on any atom is -0.450 e. The quantitative estimate of drug-likeness (QED) is 0.761. The van der Waals surface area contributed by atoms with Gasteiger partial charge < -0.3 is 23.5 Å². The van der Waals surface area contributed by atoms with E-state index < -0.39 is 5.97 Å². The lowest BCUT2D eigenvalue weighted by atomic mass is 10.1. The van der Waals surface area contributed by atoms with E-state index in [1.165, 1.54) is 0 Å². The number of fused-ring (bicyclic) bond motifs is 1. The number of rotatable bonds is 5. The summed E-state index contributed by atoms with van der Waals surface area (Å²) in [4.78, 5) is 26.5. The van der Waals surface area contributed by atoms with E-state index >= 15 is 0 Å². The maximum absolute atomic E-state index is 12.5. The molecule has 0 saturated carbocycles. The summed E-state index contributed by atoms with van der Waals surface area (Å²) in [5, 5.41) is 0.795. The van der Waals surface area contributed by atoms with Crippen LogP contribution in [0.2, 0.25) is 0 Å². The Morgan fingerprint density at radius 2 is 1.88 bits per heavy atom. The van der Waals surface area contributed by atoms with Crippen LogP contribution in [-0.2, 0) is 25.6 Å². The van der Waals surface area contributed by atoms with Gasteiger partial charge in [-0.3, -0.25) is 4.79 Å². The molecule has 1 aromatic heterocycles. The van der Waals surface area contributed by atoms with Crippen molar-refractivity contribution < 1.29 is 28.2 Å². The summed E-state index contributed by atoms with van der Waals surface area (Å²) in [6.07, 6.45) is -0.0795. The second-order valence-corrected chi connectivity index (χ2v) is 6.47. The molecule has 1 aromatic carbocycles. The van der Waals surface area contributed by atoms with Crippen LogP contribution >= 0.6 is 0 Å². The summed E-state index contributed by atoms with van der Waals surface area (Å²) < 4.78 is 21.6. The number of carbonyl (C=O) groups excluding carboxylic acids is 2. The zero-order valence-corrected chi connectivity index (χ0v) is 15.2. The van der Waals surface area contributed by atoms with E-state index in [2.05, 4.69) is 0 Å². The van der Waals surface area contributed by atoms with Crippen LogP contribution in [0.1, 0.15) is 30.0 Å². The molecular formula is C19H23NO6. The third-order valence-corrected chi connectivity index (χ3v) is 4.27. The van der Waals surface area contributed by atoms with Gasteiger partial charge >= 0.3 is 5.97 Å². The first-order chi connectivity index (χ1) is 12.5. The Bertz CT molecular complexity index is 788. The number of carbonyl (C=O) groups is 2. The van der Waals surface area contributed by atoms with Crippen molar-refractivity contribution in [3.05, 3.63) is 35.6 Å². The molecule has 0 N–H and O–H groups in total. The molecule has 0 spiro atoms. The fourth-order valence-corrected chi connectivity index (χ4v) is 3.22. The van der Waals surface area contributed by atoms with Gasteiger partial charge in [-0.15, -0.1) is 0 Å². The smallest absolute Gasteiger partial charge is 0.375 e. The number of para-hydroxylation sites is 1. The predicted molar refractivity (Wildman–Crippen MR) is 93.8 cm³/mol. The predicted octanol–water partition coefficient (Wildman–Crippen LogP) is 2.37. The van der Waals surface area contributed by atoms with Gasteiger partial charge in [0.15, 0.2) is 6.61 Å². The number of ether oxygens (including phenoxy) is 3. The fraction of sp³-hybridized carbons (Fsp3) is 0.474. The van der Waals surface area contributed by atoms with Crippen LogP contribution < -0.4 is 0 Å². The minimum absolute atomic E-state index is 0.0397. The van der Waals surface area contributed by atoms with Crippen LogP contribution in [0.4, 0.5) is 0 Å². The zero-order chi connectivity index (χ0) is 18.7. The number of hydrogen-bond donors (Lipinski definition) is 0. The number of methoxy groups -OCH3 is 1. The minimum atomic E-state index is -0.670. The Labute approximate surface area is 151 Å². The Balaban J connectivity index is 1.69. The van der Waals surface area contributed by atoms with Crippen molar-refractivity contribution in [3.8, 4) is 0 Å². The third-order valence-electron chi connectivity index (χ3n) is 4.27. The zero-order valence-electron chi connectivity index (χ0n) is 15.2. The molecule has 1 amide bonds. The van der Waals surface area contributed by atoms with E-state index in [1.54, 1.807) is 18.1 Å². The van der Waals surface area contributed by atoms with Gasteiger partial charge in [-0.2, -0.15) is 0 Å². The van der Waals surface area contributed by atoms with E-state index in [9.17, 15) is 9.59 Å². The highest BCUT2D eigenvalue weighted by Crippen LogP contribution is 2.27. The van der Waals surface area contributed by atoms with Crippen molar-refractivity contribution in [2.75, 3.05) is 26.8 Å². The lowest BCUT2D eigenvalue weighted by Crippen LogP contribution is -2.49. The van der Waals surface area contributed by atoms with Gasteiger partial charge in [0.1, 0.15) is 5.58 Å². The summed E-state index contributed by atoms with van der Waals surface area (Å²) in [5.74, 6) is -0.842. The third kappa shape index (κ3) is 3.89. The van der Waals surface area contributed by atoms with Gasteiger partial charge in [0.25, 0.3) is 5.91 Å². The molecule has 140 valence electrons. The molecule has 1 aliphatic heterocycles. The normalized spacial score (nSPS) is 20.3. The van der Waals surface area contributed by atoms with E-state index in [1.807, 2.05) is 32.0 Å². The van der Waals surface area contributed by atoms with E-state index in [0.29, 0.717) is 24.2 Å². The van der Waals surface area contributed by atoms with E-state index in [-0.39, 0.29) is 37.1 Å². The van der Waals surface area contributed by atoms with Gasteiger partial charge in [-0.05, 0) is 19.9 Å². The first-order valence-corrected chi connectivity index (χ1v) is 8.59. The summed E-state index contributed by atoms with van der Waals surface area (Å²) >= 11 is 0. The van der Waals surface area contributed by atoms with Crippen LogP contribution in [0.25, 0.3) is 11.0 Å². The fourth-order valence-electron chi connectivity index (χ4n) is 3.22. The number of esters is 1. The van der Waals surface area contributed by atoms with Gasteiger partial charge in [-0.25, -0.2) is 4.79 Å². The number of hydrogen-bond acceptors (Lipinski definition) is 6. The standard InChI is InChI=1S/C19H23NO6/c1-12-8-20(9-13(2)25-12)17(21)11-24-19(22)18-15(10-23-3)14-6-4-5-7-16(14)26-18/h4-7,12-13H,8-11H2,1-3H3. The van der Waals surface area contributed by atoms with Crippen molar-refractivity contribution in [1.82, 2.24) is 4.90 Å². The Morgan fingerprint density at radius 3 is 2.58 bits per heavy atom. The summed E-state index contributed by atoms with van der Waals surface area (Å²) in [6.45, 7) is 4.68. The molecule has 1 aliphatic rings. The van der Waals surface area contributed by atoms with Gasteiger partial charge in [0, 0.05) is 31.1 Å². The van der Waals surface area contributed by atoms with Crippen LogP contribution in [-0.4, -0.2) is 55.8 Å². The molecular weight excluding hydrogens is 338 g/mol. The number of amides is 1. The highest BCUT2D eigenvalue weighted by molar-refractivity contribution is 5.96. The largest absolute Gasteiger partial charge is 0.450 e. The number of morpholine rings is 1. The molecule has 7 nitrogen and oxygen atoms in total. The summed E-state index contributed by atoms with van der Waals surface area (Å²) in [7, 11) is 1.54. The highest BCUT2D eigenvalue weighted by atomic mass is 16.5. The molecule has 2 heterocycles. The number of nitrogens with zero attached hydrogens (tertiary/aromatic N) is 1. The van der Waals surface area contributed by atoms with Gasteiger partial charge in [0.2, 0.25) is 5.76 Å². The molecule has 7 heteroatoms. The van der Waals surface area contributed by atoms with Crippen molar-refractivity contribution in [1.29, 1.82) is 0 Å². The van der Waals surface area contributed by atoms with Crippen molar-refractivity contribution >= 4 is 22.8 Å². The molecule has 3 rings (SSSR count). The van der Waals surface area contributed by atoms with E-state index in [0.717, 1.165) is 5.39 Å². The van der Waals surface area contributed by atoms with Crippen LogP contribution in [0.15, 0.2) is 28.7 Å². The van der Waals surface area contributed by atoms with Crippen LogP contribution in [0, 0.1) is 0 Å². The first-order valence-electron chi connectivity index (χ1n) is 8.59. The van der Waals surface area contributed by atoms with Crippen molar-refractivity contribution in [2.24, 2.45) is 0 Å². The van der Waals surface area contributed by atoms with E-state index in [4.69, 9.17) is 18.6 Å². The average Bonchev–Trinajstić information content (AvgIpc) is 2.98. The Kier molecular flexibility index (Phi) is 5.58. The first kappa shape index (κ1) is 18.4. The molecule has 0 bridgehead atoms. The molecule has 2 aromatic rings. The number of furan rings is 1. The molecule has 2 atom stereocenters. The Hall–Kier alpha value is -2.38. The lowest BCUT2D eigenvalue weighted by Gasteiger charge is -2.35. The maximum atomic E-state index is 12.5. The molecule has 26 heavy (non-hydrogen) atoms. The Morgan fingerprint density at radius 1 is 1.19 bits per heavy atom. The molecule has 0 radical (unpaired) electrons. The SMILES string of the molecule is COCc1c(C(=O)OCC(=O)N2CC(C)OC(C)C2)oc2ccccc12. The molecule has 1 saturated heterocycles. The number of benzene rings is 1. The molecule has 1 fully saturated rings. The van der Waals surface area contributed by atoms with Gasteiger partial charge in [-0.1, -0.05) is 18.2 Å². The van der Waals surface area contributed by atoms with Gasteiger partial charge in [0.05, 0.1) is 18.8 Å². The summed E-state index contributed by atoms with van der Waals surface area (Å²) in [5.41, 5.74) is 1.20. The van der Waals surface area contributed by atoms with Crippen molar-refractivity contribution in [2.45, 2.75) is 32.7 Å². The molecule has 0 aliphatic carbocycles. The topological polar surface area (TPSA) is 78.2 Å². The maximum Gasteiger partial charge on any atom is 0.375 e. The monoisotopic (exact) mass is 361 g/mol. The highest BCUT2D eigenvalue weighted by Gasteiger charge is 2.28. The second-order valence-electron chi connectivity index (χ2n) is 6.47. The molecule has 2 unspecified atom stereocenters.